The third-order valence-corrected chi connectivity index (χ3v) is 5.72. The van der Waals surface area contributed by atoms with Crippen molar-refractivity contribution in [1.29, 1.82) is 0 Å². The topological polar surface area (TPSA) is 60.3 Å². The molecular formula is C19H26N4O2S. The molecule has 1 fully saturated rings. The summed E-state index contributed by atoms with van der Waals surface area (Å²) in [5.74, 6) is 1.36. The second-order valence-electron chi connectivity index (χ2n) is 6.35. The number of benzene rings is 1. The number of aromatic nitrogens is 3. The average molecular weight is 375 g/mol. The van der Waals surface area contributed by atoms with Crippen molar-refractivity contribution in [1.82, 2.24) is 14.8 Å². The zero-order valence-corrected chi connectivity index (χ0v) is 16.5. The summed E-state index contributed by atoms with van der Waals surface area (Å²) in [5.41, 5.74) is 3.15. The van der Waals surface area contributed by atoms with E-state index in [1.165, 1.54) is 17.3 Å². The van der Waals surface area contributed by atoms with E-state index in [0.717, 1.165) is 48.2 Å². The van der Waals surface area contributed by atoms with E-state index in [2.05, 4.69) is 41.1 Å². The van der Waals surface area contributed by atoms with E-state index < -0.39 is 0 Å². The highest BCUT2D eigenvalue weighted by molar-refractivity contribution is 7.99. The normalized spacial score (nSPS) is 14.7. The lowest BCUT2D eigenvalue weighted by Crippen LogP contribution is -2.37. The van der Waals surface area contributed by atoms with Crippen molar-refractivity contribution >= 4 is 23.5 Å². The fraction of sp³-hybridized carbons (Fsp3) is 0.526. The zero-order valence-electron chi connectivity index (χ0n) is 15.7. The summed E-state index contributed by atoms with van der Waals surface area (Å²) in [7, 11) is 1.95. The lowest BCUT2D eigenvalue weighted by Gasteiger charge is -2.27. The number of carbonyl (C=O) groups excluding carboxylic acids is 1. The van der Waals surface area contributed by atoms with E-state index in [9.17, 15) is 4.79 Å². The van der Waals surface area contributed by atoms with Crippen molar-refractivity contribution in [3.63, 3.8) is 0 Å². The highest BCUT2D eigenvalue weighted by Gasteiger charge is 2.20. The number of morpholine rings is 1. The van der Waals surface area contributed by atoms with E-state index in [0.29, 0.717) is 19.0 Å². The molecule has 0 spiro atoms. The number of Topliss-reactive ketones (excluding diaryl/α,β-unsaturated/α-hetero) is 1. The summed E-state index contributed by atoms with van der Waals surface area (Å²) in [4.78, 5) is 14.9. The Hall–Kier alpha value is -1.86. The predicted octanol–water partition coefficient (Wildman–Crippen LogP) is 2.75. The van der Waals surface area contributed by atoms with Gasteiger partial charge in [0, 0.05) is 25.7 Å². The molecule has 3 rings (SSSR count). The van der Waals surface area contributed by atoms with Gasteiger partial charge in [-0.3, -0.25) is 9.36 Å². The van der Waals surface area contributed by atoms with Gasteiger partial charge < -0.3 is 9.64 Å². The second-order valence-corrected chi connectivity index (χ2v) is 7.29. The lowest BCUT2D eigenvalue weighted by atomic mass is 9.98. The molecular weight excluding hydrogens is 348 g/mol. The first-order valence-electron chi connectivity index (χ1n) is 9.13. The molecule has 0 saturated carbocycles. The van der Waals surface area contributed by atoms with Crippen molar-refractivity contribution in [3.05, 3.63) is 34.9 Å². The van der Waals surface area contributed by atoms with E-state index in [1.807, 2.05) is 17.7 Å². The van der Waals surface area contributed by atoms with E-state index >= 15 is 0 Å². The number of ether oxygens (including phenoxy) is 1. The maximum atomic E-state index is 12.8. The first kappa shape index (κ1) is 18.9. The number of nitrogens with zero attached hydrogens (tertiary/aromatic N) is 4. The van der Waals surface area contributed by atoms with Crippen LogP contribution in [-0.2, 0) is 24.6 Å². The maximum absolute atomic E-state index is 12.8. The van der Waals surface area contributed by atoms with Crippen LogP contribution in [0.3, 0.4) is 0 Å². The number of aryl methyl sites for hydroxylation is 2. The molecule has 1 aliphatic rings. The molecule has 0 aliphatic carbocycles. The smallest absolute Gasteiger partial charge is 0.227 e. The van der Waals surface area contributed by atoms with E-state index in [4.69, 9.17) is 4.74 Å². The quantitative estimate of drug-likeness (QED) is 0.549. The zero-order chi connectivity index (χ0) is 18.5. The standard InChI is InChI=1S/C19H26N4O2S/c1-4-14-6-7-15(5-2)16(12-14)17(24)13-26-19-21-20-18(22(19)3)23-8-10-25-11-9-23/h6-7,12H,4-5,8-11,13H2,1-3H3. The number of hydrogen-bond donors (Lipinski definition) is 0. The largest absolute Gasteiger partial charge is 0.378 e. The molecule has 0 atom stereocenters. The summed E-state index contributed by atoms with van der Waals surface area (Å²) in [6.45, 7) is 7.25. The van der Waals surface area contributed by atoms with Crippen LogP contribution >= 0.6 is 11.8 Å². The summed E-state index contributed by atoms with van der Waals surface area (Å²) in [5, 5.41) is 9.34. The Morgan fingerprint density at radius 2 is 1.96 bits per heavy atom. The second kappa shape index (κ2) is 8.68. The van der Waals surface area contributed by atoms with Gasteiger partial charge in [-0.25, -0.2) is 0 Å². The highest BCUT2D eigenvalue weighted by atomic mass is 32.2. The van der Waals surface area contributed by atoms with E-state index in [1.54, 1.807) is 0 Å². The van der Waals surface area contributed by atoms with Gasteiger partial charge in [-0.2, -0.15) is 0 Å². The molecule has 0 unspecified atom stereocenters. The Morgan fingerprint density at radius 3 is 2.65 bits per heavy atom. The molecule has 1 saturated heterocycles. The van der Waals surface area contributed by atoms with Crippen LogP contribution in [0.5, 0.6) is 0 Å². The fourth-order valence-corrected chi connectivity index (χ4v) is 3.88. The monoisotopic (exact) mass is 374 g/mol. The molecule has 0 N–H and O–H groups in total. The van der Waals surface area contributed by atoms with E-state index in [-0.39, 0.29) is 5.78 Å². The number of carbonyl (C=O) groups is 1. The Morgan fingerprint density at radius 1 is 1.19 bits per heavy atom. The van der Waals surface area contributed by atoms with Gasteiger partial charge in [-0.05, 0) is 30.0 Å². The number of rotatable bonds is 7. The minimum absolute atomic E-state index is 0.151. The van der Waals surface area contributed by atoms with Crippen LogP contribution in [0.2, 0.25) is 0 Å². The molecule has 6 nitrogen and oxygen atoms in total. The Bertz CT molecular complexity index is 769. The van der Waals surface area contributed by atoms with Gasteiger partial charge in [-0.15, -0.1) is 10.2 Å². The Labute approximate surface area is 158 Å². The summed E-state index contributed by atoms with van der Waals surface area (Å²) < 4.78 is 7.35. The lowest BCUT2D eigenvalue weighted by molar-refractivity contribution is 0.102. The van der Waals surface area contributed by atoms with Crippen LogP contribution in [0.4, 0.5) is 5.95 Å². The molecule has 2 heterocycles. The molecule has 1 aromatic carbocycles. The van der Waals surface area contributed by atoms with Gasteiger partial charge in [0.15, 0.2) is 10.9 Å². The first-order chi connectivity index (χ1) is 12.6. The number of thioether (sulfide) groups is 1. The predicted molar refractivity (Wildman–Crippen MR) is 104 cm³/mol. The highest BCUT2D eigenvalue weighted by Crippen LogP contribution is 2.23. The third-order valence-electron chi connectivity index (χ3n) is 4.70. The molecule has 0 bridgehead atoms. The Balaban J connectivity index is 1.69. The van der Waals surface area contributed by atoms with Gasteiger partial charge in [-0.1, -0.05) is 37.7 Å². The SMILES string of the molecule is CCc1ccc(CC)c(C(=O)CSc2nnc(N3CCOCC3)n2C)c1. The van der Waals surface area contributed by atoms with Crippen molar-refractivity contribution < 1.29 is 9.53 Å². The minimum atomic E-state index is 0.151. The van der Waals surface area contributed by atoms with Crippen LogP contribution in [0.1, 0.15) is 35.3 Å². The van der Waals surface area contributed by atoms with Crippen LogP contribution < -0.4 is 4.90 Å². The molecule has 0 radical (unpaired) electrons. The molecule has 2 aromatic rings. The van der Waals surface area contributed by atoms with Crippen molar-refractivity contribution in [2.75, 3.05) is 37.0 Å². The van der Waals surface area contributed by atoms with Crippen molar-refractivity contribution in [3.8, 4) is 0 Å². The van der Waals surface area contributed by atoms with Crippen molar-refractivity contribution in [2.45, 2.75) is 31.8 Å². The third kappa shape index (κ3) is 4.10. The summed E-state index contributed by atoms with van der Waals surface area (Å²) in [6, 6.07) is 6.23. The molecule has 140 valence electrons. The fourth-order valence-electron chi connectivity index (χ4n) is 3.09. The van der Waals surface area contributed by atoms with Crippen LogP contribution in [0.25, 0.3) is 0 Å². The summed E-state index contributed by atoms with van der Waals surface area (Å²) >= 11 is 1.45. The first-order valence-corrected chi connectivity index (χ1v) is 10.1. The number of anilines is 1. The number of hydrogen-bond acceptors (Lipinski definition) is 6. The molecule has 1 aliphatic heterocycles. The van der Waals surface area contributed by atoms with Gasteiger partial charge in [0.25, 0.3) is 0 Å². The van der Waals surface area contributed by atoms with Crippen molar-refractivity contribution in [2.24, 2.45) is 7.05 Å². The number of ketones is 1. The molecule has 1 aromatic heterocycles. The molecule has 26 heavy (non-hydrogen) atoms. The van der Waals surface area contributed by atoms with Gasteiger partial charge in [0.2, 0.25) is 5.95 Å². The molecule has 0 amide bonds. The molecule has 7 heteroatoms. The van der Waals surface area contributed by atoms with Gasteiger partial charge >= 0.3 is 0 Å². The van der Waals surface area contributed by atoms with Gasteiger partial charge in [0.05, 0.1) is 19.0 Å². The van der Waals surface area contributed by atoms with Gasteiger partial charge in [0.1, 0.15) is 0 Å². The van der Waals surface area contributed by atoms with Crippen LogP contribution in [0, 0.1) is 0 Å². The van der Waals surface area contributed by atoms with Crippen LogP contribution in [0.15, 0.2) is 23.4 Å². The Kier molecular flexibility index (Phi) is 6.32. The minimum Gasteiger partial charge on any atom is -0.378 e. The average Bonchev–Trinajstić information content (AvgIpc) is 3.06. The summed E-state index contributed by atoms with van der Waals surface area (Å²) in [6.07, 6.45) is 1.80. The maximum Gasteiger partial charge on any atom is 0.227 e. The van der Waals surface area contributed by atoms with Crippen LogP contribution in [-0.4, -0.2) is 52.6 Å².